The van der Waals surface area contributed by atoms with E-state index in [2.05, 4.69) is 51.7 Å². The maximum atomic E-state index is 4.80. The van der Waals surface area contributed by atoms with Gasteiger partial charge in [-0.3, -0.25) is 0 Å². The lowest BCUT2D eigenvalue weighted by Gasteiger charge is -2.17. The van der Waals surface area contributed by atoms with E-state index in [1.54, 1.807) is 6.20 Å². The second kappa shape index (κ2) is 8.14. The third-order valence-electron chi connectivity index (χ3n) is 5.69. The van der Waals surface area contributed by atoms with E-state index in [4.69, 9.17) is 9.97 Å². The molecule has 30 heavy (non-hydrogen) atoms. The minimum atomic E-state index is 0.523. The van der Waals surface area contributed by atoms with Crippen molar-refractivity contribution in [2.45, 2.75) is 39.0 Å². The molecule has 0 fully saturated rings. The van der Waals surface area contributed by atoms with E-state index in [9.17, 15) is 0 Å². The Morgan fingerprint density at radius 1 is 0.933 bits per heavy atom. The summed E-state index contributed by atoms with van der Waals surface area (Å²) in [5.41, 5.74) is 5.59. The zero-order chi connectivity index (χ0) is 20.3. The monoisotopic (exact) mass is 396 g/mol. The van der Waals surface area contributed by atoms with E-state index in [1.165, 1.54) is 29.5 Å². The summed E-state index contributed by atoms with van der Waals surface area (Å²) in [6.07, 6.45) is 7.09. The van der Waals surface area contributed by atoms with Gasteiger partial charge >= 0.3 is 0 Å². The van der Waals surface area contributed by atoms with Crippen molar-refractivity contribution in [3.8, 4) is 11.3 Å². The Bertz CT molecular complexity index is 1200. The standard InChI is InChI=1S/C24H24N6/c1-16-18-9-4-5-12-21(18)28-23(27-16)13-14-25-24-29-22(15-26-30-24)20-11-6-8-17-7-2-3-10-19(17)20/h2-3,6-8,10-11,15H,4-5,9,12-14H2,1H3,(H,25,29,30). The van der Waals surface area contributed by atoms with Gasteiger partial charge in [0.1, 0.15) is 5.82 Å². The van der Waals surface area contributed by atoms with E-state index >= 15 is 0 Å². The van der Waals surface area contributed by atoms with E-state index in [0.717, 1.165) is 47.4 Å². The molecule has 4 aromatic rings. The fraction of sp³-hybridized carbons (Fsp3) is 0.292. The fourth-order valence-corrected chi connectivity index (χ4v) is 4.20. The fourth-order valence-electron chi connectivity index (χ4n) is 4.20. The zero-order valence-corrected chi connectivity index (χ0v) is 17.1. The summed E-state index contributed by atoms with van der Waals surface area (Å²) in [7, 11) is 0. The van der Waals surface area contributed by atoms with Crippen molar-refractivity contribution < 1.29 is 0 Å². The molecule has 2 aromatic carbocycles. The number of anilines is 1. The highest BCUT2D eigenvalue weighted by atomic mass is 15.2. The zero-order valence-electron chi connectivity index (χ0n) is 17.1. The number of hydrogen-bond donors (Lipinski definition) is 1. The van der Waals surface area contributed by atoms with Crippen LogP contribution in [-0.4, -0.2) is 31.7 Å². The molecule has 0 saturated heterocycles. The lowest BCUT2D eigenvalue weighted by Crippen LogP contribution is -2.15. The van der Waals surface area contributed by atoms with Crippen molar-refractivity contribution >= 4 is 16.7 Å². The van der Waals surface area contributed by atoms with Gasteiger partial charge < -0.3 is 5.32 Å². The van der Waals surface area contributed by atoms with Gasteiger partial charge in [-0.1, -0.05) is 42.5 Å². The van der Waals surface area contributed by atoms with Crippen LogP contribution in [-0.2, 0) is 19.3 Å². The molecule has 2 aromatic heterocycles. The molecule has 6 nitrogen and oxygen atoms in total. The topological polar surface area (TPSA) is 76.5 Å². The SMILES string of the molecule is Cc1nc(CCNc2nncc(-c3cccc4ccccc34)n2)nc2c1CCCC2. The maximum absolute atomic E-state index is 4.80. The molecule has 1 aliphatic carbocycles. The van der Waals surface area contributed by atoms with Crippen molar-refractivity contribution in [3.63, 3.8) is 0 Å². The molecular formula is C24H24N6. The van der Waals surface area contributed by atoms with Crippen LogP contribution in [0.4, 0.5) is 5.95 Å². The van der Waals surface area contributed by atoms with Crippen LogP contribution in [0.5, 0.6) is 0 Å². The lowest BCUT2D eigenvalue weighted by atomic mass is 9.95. The molecule has 1 N–H and O–H groups in total. The predicted molar refractivity (Wildman–Crippen MR) is 118 cm³/mol. The van der Waals surface area contributed by atoms with Crippen LogP contribution in [0.1, 0.15) is 35.6 Å². The molecule has 0 aliphatic heterocycles. The summed E-state index contributed by atoms with van der Waals surface area (Å²) in [6.45, 7) is 2.77. The van der Waals surface area contributed by atoms with Gasteiger partial charge in [-0.15, -0.1) is 5.10 Å². The molecule has 0 saturated carbocycles. The first-order chi connectivity index (χ1) is 14.8. The van der Waals surface area contributed by atoms with Gasteiger partial charge in [-0.25, -0.2) is 15.0 Å². The largest absolute Gasteiger partial charge is 0.352 e. The molecule has 6 heteroatoms. The lowest BCUT2D eigenvalue weighted by molar-refractivity contribution is 0.647. The van der Waals surface area contributed by atoms with Crippen LogP contribution in [0.25, 0.3) is 22.0 Å². The Balaban J connectivity index is 1.32. The number of nitrogens with zero attached hydrogens (tertiary/aromatic N) is 5. The van der Waals surface area contributed by atoms with E-state index in [1.807, 2.05) is 18.2 Å². The van der Waals surface area contributed by atoms with Gasteiger partial charge in [0, 0.05) is 29.9 Å². The number of rotatable bonds is 5. The van der Waals surface area contributed by atoms with Crippen LogP contribution in [0.15, 0.2) is 48.7 Å². The number of aromatic nitrogens is 5. The highest BCUT2D eigenvalue weighted by Crippen LogP contribution is 2.27. The Labute approximate surface area is 175 Å². The molecule has 0 amide bonds. The first-order valence-corrected chi connectivity index (χ1v) is 10.5. The second-order valence-electron chi connectivity index (χ2n) is 7.73. The highest BCUT2D eigenvalue weighted by molar-refractivity contribution is 5.95. The van der Waals surface area contributed by atoms with Crippen molar-refractivity contribution in [2.75, 3.05) is 11.9 Å². The third-order valence-corrected chi connectivity index (χ3v) is 5.69. The van der Waals surface area contributed by atoms with Gasteiger partial charge in [0.25, 0.3) is 0 Å². The molecule has 0 radical (unpaired) electrons. The Kier molecular flexibility index (Phi) is 5.05. The normalized spacial score (nSPS) is 13.2. The Morgan fingerprint density at radius 3 is 2.77 bits per heavy atom. The molecular weight excluding hydrogens is 372 g/mol. The average molecular weight is 396 g/mol. The quantitative estimate of drug-likeness (QED) is 0.541. The van der Waals surface area contributed by atoms with Crippen molar-refractivity contribution in [2.24, 2.45) is 0 Å². The van der Waals surface area contributed by atoms with Crippen molar-refractivity contribution in [1.29, 1.82) is 0 Å². The van der Waals surface area contributed by atoms with Crippen LogP contribution >= 0.6 is 0 Å². The van der Waals surface area contributed by atoms with Crippen LogP contribution in [0.2, 0.25) is 0 Å². The molecule has 1 aliphatic rings. The molecule has 0 bridgehead atoms. The maximum Gasteiger partial charge on any atom is 0.243 e. The first kappa shape index (κ1) is 18.6. The minimum absolute atomic E-state index is 0.523. The second-order valence-corrected chi connectivity index (χ2v) is 7.73. The number of hydrogen-bond acceptors (Lipinski definition) is 6. The number of fused-ring (bicyclic) bond motifs is 2. The molecule has 5 rings (SSSR count). The molecule has 0 unspecified atom stereocenters. The van der Waals surface area contributed by atoms with E-state index < -0.39 is 0 Å². The van der Waals surface area contributed by atoms with Gasteiger partial charge in [-0.05, 0) is 48.9 Å². The van der Waals surface area contributed by atoms with E-state index in [-0.39, 0.29) is 0 Å². The average Bonchev–Trinajstić information content (AvgIpc) is 2.79. The van der Waals surface area contributed by atoms with E-state index in [0.29, 0.717) is 12.5 Å². The smallest absolute Gasteiger partial charge is 0.243 e. The first-order valence-electron chi connectivity index (χ1n) is 10.5. The Morgan fingerprint density at radius 2 is 1.80 bits per heavy atom. The van der Waals surface area contributed by atoms with Gasteiger partial charge in [-0.2, -0.15) is 5.10 Å². The third kappa shape index (κ3) is 3.73. The summed E-state index contributed by atoms with van der Waals surface area (Å²) in [4.78, 5) is 14.2. The summed E-state index contributed by atoms with van der Waals surface area (Å²) in [6, 6.07) is 14.5. The predicted octanol–water partition coefficient (Wildman–Crippen LogP) is 4.32. The number of nitrogens with one attached hydrogen (secondary N) is 1. The van der Waals surface area contributed by atoms with Gasteiger partial charge in [0.05, 0.1) is 11.9 Å². The molecule has 150 valence electrons. The minimum Gasteiger partial charge on any atom is -0.352 e. The Hall–Kier alpha value is -3.41. The van der Waals surface area contributed by atoms with Crippen LogP contribution in [0, 0.1) is 6.92 Å². The van der Waals surface area contributed by atoms with Crippen molar-refractivity contribution in [1.82, 2.24) is 25.1 Å². The number of benzene rings is 2. The molecule has 0 spiro atoms. The van der Waals surface area contributed by atoms with Crippen LogP contribution < -0.4 is 5.32 Å². The summed E-state index contributed by atoms with van der Waals surface area (Å²) in [5, 5.41) is 13.9. The van der Waals surface area contributed by atoms with Crippen LogP contribution in [0.3, 0.4) is 0 Å². The molecule has 2 heterocycles. The highest BCUT2D eigenvalue weighted by Gasteiger charge is 2.15. The summed E-state index contributed by atoms with van der Waals surface area (Å²) in [5.74, 6) is 1.41. The van der Waals surface area contributed by atoms with Gasteiger partial charge in [0.15, 0.2) is 0 Å². The van der Waals surface area contributed by atoms with Crippen molar-refractivity contribution in [3.05, 3.63) is 71.4 Å². The summed E-state index contributed by atoms with van der Waals surface area (Å²) < 4.78 is 0. The molecule has 0 atom stereocenters. The van der Waals surface area contributed by atoms with Gasteiger partial charge in [0.2, 0.25) is 5.95 Å². The summed E-state index contributed by atoms with van der Waals surface area (Å²) >= 11 is 0. The number of aryl methyl sites for hydroxylation is 2.